The molecule has 0 atom stereocenters. The summed E-state index contributed by atoms with van der Waals surface area (Å²) in [6.45, 7) is 4.42. The molecule has 1 aromatic carbocycles. The summed E-state index contributed by atoms with van der Waals surface area (Å²) in [7, 11) is 0. The SMILES string of the molecule is N#Cc1cc(-c2ccnc(Nc3cncc(N4CCN(CCO)CC4)c3)n2)ccc1NC(=O)C1CC1. The first-order valence-electron chi connectivity index (χ1n) is 12.1. The van der Waals surface area contributed by atoms with Gasteiger partial charge < -0.3 is 20.6 Å². The zero-order valence-electron chi connectivity index (χ0n) is 19.9. The molecule has 1 saturated carbocycles. The van der Waals surface area contributed by atoms with Crippen molar-refractivity contribution in [3.8, 4) is 17.3 Å². The Bertz CT molecular complexity index is 1280. The van der Waals surface area contributed by atoms with Crippen LogP contribution < -0.4 is 15.5 Å². The summed E-state index contributed by atoms with van der Waals surface area (Å²) < 4.78 is 0. The van der Waals surface area contributed by atoms with E-state index in [1.165, 1.54) is 0 Å². The molecule has 5 rings (SSSR count). The second-order valence-corrected chi connectivity index (χ2v) is 9.01. The van der Waals surface area contributed by atoms with Gasteiger partial charge in [-0.25, -0.2) is 9.97 Å². The number of hydrogen-bond donors (Lipinski definition) is 3. The molecular weight excluding hydrogens is 456 g/mol. The van der Waals surface area contributed by atoms with E-state index in [2.05, 4.69) is 41.5 Å². The second kappa shape index (κ2) is 10.7. The predicted molar refractivity (Wildman–Crippen MR) is 137 cm³/mol. The lowest BCUT2D eigenvalue weighted by molar-refractivity contribution is -0.117. The lowest BCUT2D eigenvalue weighted by atomic mass is 10.1. The minimum atomic E-state index is -0.0318. The van der Waals surface area contributed by atoms with Gasteiger partial charge in [0.05, 0.1) is 47.3 Å². The van der Waals surface area contributed by atoms with Gasteiger partial charge in [0.2, 0.25) is 11.9 Å². The highest BCUT2D eigenvalue weighted by atomic mass is 16.3. The highest BCUT2D eigenvalue weighted by molar-refractivity contribution is 5.95. The van der Waals surface area contributed by atoms with Crippen LogP contribution in [0.1, 0.15) is 18.4 Å². The molecule has 2 aliphatic rings. The van der Waals surface area contributed by atoms with E-state index in [0.717, 1.165) is 56.0 Å². The van der Waals surface area contributed by atoms with Gasteiger partial charge in [-0.1, -0.05) is 6.07 Å². The number of anilines is 4. The highest BCUT2D eigenvalue weighted by Gasteiger charge is 2.30. The summed E-state index contributed by atoms with van der Waals surface area (Å²) >= 11 is 0. The number of benzene rings is 1. The normalized spacial score (nSPS) is 15.8. The number of carbonyl (C=O) groups is 1. The third-order valence-corrected chi connectivity index (χ3v) is 6.43. The minimum Gasteiger partial charge on any atom is -0.395 e. The van der Waals surface area contributed by atoms with Gasteiger partial charge in [-0.05, 0) is 37.1 Å². The molecule has 10 heteroatoms. The van der Waals surface area contributed by atoms with Crippen molar-refractivity contribution in [1.29, 1.82) is 5.26 Å². The van der Waals surface area contributed by atoms with Gasteiger partial charge in [0.25, 0.3) is 0 Å². The molecule has 10 nitrogen and oxygen atoms in total. The van der Waals surface area contributed by atoms with E-state index < -0.39 is 0 Å². The maximum atomic E-state index is 12.1. The van der Waals surface area contributed by atoms with Gasteiger partial charge in [0.15, 0.2) is 0 Å². The maximum absolute atomic E-state index is 12.1. The number of hydrogen-bond acceptors (Lipinski definition) is 9. The lowest BCUT2D eigenvalue weighted by Gasteiger charge is -2.35. The number of aromatic nitrogens is 3. The van der Waals surface area contributed by atoms with Crippen LogP contribution in [0.15, 0.2) is 48.9 Å². The van der Waals surface area contributed by atoms with Crippen molar-refractivity contribution in [3.05, 3.63) is 54.5 Å². The van der Waals surface area contributed by atoms with Crippen LogP contribution in [-0.2, 0) is 4.79 Å². The Balaban J connectivity index is 1.29. The number of carbonyl (C=O) groups excluding carboxylic acids is 1. The van der Waals surface area contributed by atoms with E-state index in [0.29, 0.717) is 29.4 Å². The molecule has 0 bridgehead atoms. The zero-order valence-corrected chi connectivity index (χ0v) is 19.9. The van der Waals surface area contributed by atoms with Crippen molar-refractivity contribution < 1.29 is 9.90 Å². The van der Waals surface area contributed by atoms with E-state index in [4.69, 9.17) is 5.11 Å². The Hall–Kier alpha value is -4.07. The third kappa shape index (κ3) is 5.59. The van der Waals surface area contributed by atoms with Crippen molar-refractivity contribution >= 4 is 28.9 Å². The summed E-state index contributed by atoms with van der Waals surface area (Å²) in [4.78, 5) is 30.0. The minimum absolute atomic E-state index is 0.0318. The number of piperazine rings is 1. The molecule has 2 fully saturated rings. The molecule has 1 aliphatic heterocycles. The molecule has 3 N–H and O–H groups in total. The Kier molecular flexibility index (Phi) is 7.02. The molecule has 184 valence electrons. The number of pyridine rings is 1. The number of aliphatic hydroxyl groups excluding tert-OH is 1. The first-order chi connectivity index (χ1) is 17.6. The van der Waals surface area contributed by atoms with Crippen molar-refractivity contribution in [3.63, 3.8) is 0 Å². The molecule has 3 aromatic rings. The molecule has 2 aromatic heterocycles. The number of nitriles is 1. The summed E-state index contributed by atoms with van der Waals surface area (Å²) in [6, 6.07) is 11.3. The third-order valence-electron chi connectivity index (χ3n) is 6.43. The number of nitrogens with one attached hydrogen (secondary N) is 2. The summed E-state index contributed by atoms with van der Waals surface area (Å²) in [5.74, 6) is 0.454. The van der Waals surface area contributed by atoms with Crippen molar-refractivity contribution in [2.75, 3.05) is 54.9 Å². The van der Waals surface area contributed by atoms with Crippen LogP contribution in [0.25, 0.3) is 11.3 Å². The van der Waals surface area contributed by atoms with Crippen LogP contribution in [0.4, 0.5) is 23.0 Å². The molecule has 0 radical (unpaired) electrons. The van der Waals surface area contributed by atoms with E-state index in [1.54, 1.807) is 30.6 Å². The Morgan fingerprint density at radius 1 is 1.14 bits per heavy atom. The monoisotopic (exact) mass is 484 g/mol. The first kappa shape index (κ1) is 23.7. The van der Waals surface area contributed by atoms with Gasteiger partial charge in [-0.3, -0.25) is 14.7 Å². The van der Waals surface area contributed by atoms with E-state index in [-0.39, 0.29) is 18.4 Å². The van der Waals surface area contributed by atoms with Crippen LogP contribution in [0.5, 0.6) is 0 Å². The molecule has 0 spiro atoms. The zero-order chi connectivity index (χ0) is 24.9. The Morgan fingerprint density at radius 2 is 1.97 bits per heavy atom. The second-order valence-electron chi connectivity index (χ2n) is 9.01. The number of nitrogens with zero attached hydrogens (tertiary/aromatic N) is 6. The lowest BCUT2D eigenvalue weighted by Crippen LogP contribution is -2.47. The van der Waals surface area contributed by atoms with Gasteiger partial charge >= 0.3 is 0 Å². The summed E-state index contributed by atoms with van der Waals surface area (Å²) in [5.41, 5.74) is 4.12. The number of rotatable bonds is 8. The average molecular weight is 485 g/mol. The first-order valence-corrected chi connectivity index (χ1v) is 12.1. The van der Waals surface area contributed by atoms with Gasteiger partial charge in [-0.2, -0.15) is 5.26 Å². The fraction of sp³-hybridized carbons (Fsp3) is 0.346. The van der Waals surface area contributed by atoms with Crippen LogP contribution in [0.3, 0.4) is 0 Å². The Labute approximate surface area is 209 Å². The summed E-state index contributed by atoms with van der Waals surface area (Å²) in [6.07, 6.45) is 7.05. The highest BCUT2D eigenvalue weighted by Crippen LogP contribution is 2.31. The maximum Gasteiger partial charge on any atom is 0.227 e. The molecular formula is C26H28N8O2. The predicted octanol–water partition coefficient (Wildman–Crippen LogP) is 2.62. The smallest absolute Gasteiger partial charge is 0.227 e. The van der Waals surface area contributed by atoms with E-state index in [1.807, 2.05) is 18.3 Å². The molecule has 0 unspecified atom stereocenters. The molecule has 1 amide bonds. The quantitative estimate of drug-likeness (QED) is 0.442. The van der Waals surface area contributed by atoms with Crippen molar-refractivity contribution in [2.45, 2.75) is 12.8 Å². The topological polar surface area (TPSA) is 130 Å². The molecule has 3 heterocycles. The van der Waals surface area contributed by atoms with Gasteiger partial charge in [0.1, 0.15) is 6.07 Å². The Morgan fingerprint density at radius 3 is 2.72 bits per heavy atom. The number of β-amino-alcohol motifs (C(OH)–C–C–N with tert-alkyl or cyclic N) is 1. The van der Waals surface area contributed by atoms with E-state index >= 15 is 0 Å². The van der Waals surface area contributed by atoms with Crippen LogP contribution >= 0.6 is 0 Å². The fourth-order valence-corrected chi connectivity index (χ4v) is 4.23. The largest absolute Gasteiger partial charge is 0.395 e. The molecule has 1 saturated heterocycles. The van der Waals surface area contributed by atoms with Crippen molar-refractivity contribution in [1.82, 2.24) is 19.9 Å². The van der Waals surface area contributed by atoms with Crippen LogP contribution in [0, 0.1) is 17.2 Å². The van der Waals surface area contributed by atoms with Crippen molar-refractivity contribution in [2.24, 2.45) is 5.92 Å². The number of aliphatic hydroxyl groups is 1. The average Bonchev–Trinajstić information content (AvgIpc) is 3.76. The molecule has 1 aliphatic carbocycles. The van der Waals surface area contributed by atoms with Crippen LogP contribution in [-0.4, -0.2) is 70.2 Å². The molecule has 36 heavy (non-hydrogen) atoms. The van der Waals surface area contributed by atoms with Gasteiger partial charge in [-0.15, -0.1) is 0 Å². The van der Waals surface area contributed by atoms with E-state index in [9.17, 15) is 10.1 Å². The fourth-order valence-electron chi connectivity index (χ4n) is 4.23. The standard InChI is InChI=1S/C26H28N8O2/c27-15-20-13-19(3-4-23(20)31-25(36)18-1-2-18)24-5-6-29-26(32-24)30-21-14-22(17-28-16-21)34-9-7-33(8-10-34)11-12-35/h3-6,13-14,16-18,35H,1-2,7-12H2,(H,31,36)(H,29,30,32). The van der Waals surface area contributed by atoms with Crippen LogP contribution in [0.2, 0.25) is 0 Å². The number of amides is 1. The summed E-state index contributed by atoms with van der Waals surface area (Å²) in [5, 5.41) is 24.8. The van der Waals surface area contributed by atoms with Gasteiger partial charge in [0, 0.05) is 50.4 Å².